The summed E-state index contributed by atoms with van der Waals surface area (Å²) in [5.74, 6) is 2.79. The molecule has 0 aliphatic heterocycles. The normalized spacial score (nSPS) is 9.06. The fourth-order valence-corrected chi connectivity index (χ4v) is 1.26. The number of hydrogen-bond acceptors (Lipinski definition) is 3. The van der Waals surface area contributed by atoms with Crippen LogP contribution in [0.15, 0.2) is 18.2 Å². The van der Waals surface area contributed by atoms with Crippen molar-refractivity contribution in [3.63, 3.8) is 0 Å². The number of benzene rings is 1. The lowest BCUT2D eigenvalue weighted by Crippen LogP contribution is -2.02. The minimum atomic E-state index is -1.15. The second-order valence-electron chi connectivity index (χ2n) is 2.97. The van der Waals surface area contributed by atoms with E-state index in [-0.39, 0.29) is 17.7 Å². The number of hydrogen-bond donors (Lipinski definition) is 1. The van der Waals surface area contributed by atoms with Crippen LogP contribution >= 0.6 is 11.6 Å². The van der Waals surface area contributed by atoms with Gasteiger partial charge in [0.05, 0.1) is 12.2 Å². The Kier molecular flexibility index (Phi) is 4.56. The summed E-state index contributed by atoms with van der Waals surface area (Å²) in [5, 5.41) is 9.21. The lowest BCUT2D eigenvalue weighted by Gasteiger charge is -1.99. The van der Waals surface area contributed by atoms with Gasteiger partial charge < -0.3 is 9.84 Å². The molecule has 17 heavy (non-hydrogen) atoms. The zero-order valence-corrected chi connectivity index (χ0v) is 9.75. The molecule has 0 spiro atoms. The highest BCUT2D eigenvalue weighted by Gasteiger charge is 2.09. The highest BCUT2D eigenvalue weighted by atomic mass is 35.5. The first-order valence-electron chi connectivity index (χ1n) is 4.76. The largest absolute Gasteiger partial charge is 0.478 e. The van der Waals surface area contributed by atoms with Gasteiger partial charge in [-0.15, -0.1) is 0 Å². The SMILES string of the molecule is CCOC(=O)C#Cc1ccc(Cl)cc1C(=O)O. The second kappa shape index (κ2) is 5.92. The molecule has 1 N–H and O–H groups in total. The maximum Gasteiger partial charge on any atom is 0.384 e. The molecular formula is C12H9ClO4. The van der Waals surface area contributed by atoms with Crippen molar-refractivity contribution in [2.45, 2.75) is 6.92 Å². The van der Waals surface area contributed by atoms with E-state index in [0.29, 0.717) is 5.02 Å². The molecule has 0 bridgehead atoms. The highest BCUT2D eigenvalue weighted by molar-refractivity contribution is 6.31. The Bertz CT molecular complexity index is 511. The van der Waals surface area contributed by atoms with Crippen molar-refractivity contribution in [2.24, 2.45) is 0 Å². The molecule has 0 unspecified atom stereocenters. The second-order valence-corrected chi connectivity index (χ2v) is 3.40. The number of esters is 1. The zero-order chi connectivity index (χ0) is 12.8. The Morgan fingerprint density at radius 2 is 2.18 bits per heavy atom. The lowest BCUT2D eigenvalue weighted by molar-refractivity contribution is -0.136. The Morgan fingerprint density at radius 3 is 2.76 bits per heavy atom. The fraction of sp³-hybridized carbons (Fsp3) is 0.167. The van der Waals surface area contributed by atoms with Gasteiger partial charge in [-0.25, -0.2) is 9.59 Å². The molecule has 1 aromatic carbocycles. The molecule has 88 valence electrons. The molecule has 0 saturated carbocycles. The summed E-state index contributed by atoms with van der Waals surface area (Å²) in [6.07, 6.45) is 0. The molecule has 0 aliphatic rings. The van der Waals surface area contributed by atoms with Crippen molar-refractivity contribution < 1.29 is 19.4 Å². The third-order valence-electron chi connectivity index (χ3n) is 1.79. The van der Waals surface area contributed by atoms with Crippen LogP contribution in [0, 0.1) is 11.8 Å². The molecule has 0 amide bonds. The van der Waals surface area contributed by atoms with E-state index < -0.39 is 11.9 Å². The Morgan fingerprint density at radius 1 is 1.47 bits per heavy atom. The Hall–Kier alpha value is -1.99. The summed E-state index contributed by atoms with van der Waals surface area (Å²) in [5.41, 5.74) is 0.171. The van der Waals surface area contributed by atoms with Gasteiger partial charge in [0.2, 0.25) is 0 Å². The molecular weight excluding hydrogens is 244 g/mol. The topological polar surface area (TPSA) is 63.6 Å². The smallest absolute Gasteiger partial charge is 0.384 e. The molecule has 4 nitrogen and oxygen atoms in total. The highest BCUT2D eigenvalue weighted by Crippen LogP contribution is 2.15. The molecule has 0 aliphatic carbocycles. The van der Waals surface area contributed by atoms with E-state index in [0.717, 1.165) is 0 Å². The van der Waals surface area contributed by atoms with E-state index >= 15 is 0 Å². The predicted molar refractivity (Wildman–Crippen MR) is 61.9 cm³/mol. The first-order chi connectivity index (χ1) is 8.04. The summed E-state index contributed by atoms with van der Waals surface area (Å²) in [7, 11) is 0. The molecule has 0 radical (unpaired) electrons. The van der Waals surface area contributed by atoms with Crippen LogP contribution in [0.25, 0.3) is 0 Å². The van der Waals surface area contributed by atoms with Crippen molar-refractivity contribution in [3.8, 4) is 11.8 Å². The van der Waals surface area contributed by atoms with Crippen molar-refractivity contribution in [1.29, 1.82) is 0 Å². The molecule has 0 atom stereocenters. The predicted octanol–water partition coefficient (Wildman–Crippen LogP) is 1.95. The van der Waals surface area contributed by atoms with E-state index in [2.05, 4.69) is 16.6 Å². The monoisotopic (exact) mass is 252 g/mol. The molecule has 1 aromatic rings. The fourth-order valence-electron chi connectivity index (χ4n) is 1.09. The van der Waals surface area contributed by atoms with E-state index in [1.54, 1.807) is 6.92 Å². The van der Waals surface area contributed by atoms with Gasteiger partial charge in [-0.05, 0) is 25.1 Å². The van der Waals surface area contributed by atoms with Gasteiger partial charge in [0, 0.05) is 16.5 Å². The minimum absolute atomic E-state index is 0.0469. The van der Waals surface area contributed by atoms with Crippen LogP contribution in [-0.4, -0.2) is 23.7 Å². The molecule has 0 heterocycles. The van der Waals surface area contributed by atoms with Crippen molar-refractivity contribution in [2.75, 3.05) is 6.61 Å². The number of carbonyl (C=O) groups is 2. The lowest BCUT2D eigenvalue weighted by atomic mass is 10.1. The number of ether oxygens (including phenoxy) is 1. The molecule has 0 fully saturated rings. The summed E-state index contributed by atoms with van der Waals surface area (Å²) in [4.78, 5) is 21.9. The first-order valence-corrected chi connectivity index (χ1v) is 5.14. The molecule has 0 saturated heterocycles. The van der Waals surface area contributed by atoms with Crippen molar-refractivity contribution in [1.82, 2.24) is 0 Å². The van der Waals surface area contributed by atoms with E-state index in [1.807, 2.05) is 0 Å². The van der Waals surface area contributed by atoms with Gasteiger partial charge in [0.15, 0.2) is 0 Å². The van der Waals surface area contributed by atoms with Crippen LogP contribution in [0.1, 0.15) is 22.8 Å². The quantitative estimate of drug-likeness (QED) is 0.645. The summed E-state index contributed by atoms with van der Waals surface area (Å²) < 4.78 is 4.60. The van der Waals surface area contributed by atoms with Crippen LogP contribution < -0.4 is 0 Å². The van der Waals surface area contributed by atoms with Crippen LogP contribution in [0.3, 0.4) is 0 Å². The standard InChI is InChI=1S/C12H9ClO4/c1-2-17-11(14)6-4-8-3-5-9(13)7-10(8)12(15)16/h3,5,7H,2H2,1H3,(H,15,16). The third kappa shape index (κ3) is 3.82. The summed E-state index contributed by atoms with van der Waals surface area (Å²) in [6.45, 7) is 1.88. The number of aromatic carboxylic acids is 1. The first kappa shape index (κ1) is 13.1. The average Bonchev–Trinajstić information content (AvgIpc) is 2.27. The van der Waals surface area contributed by atoms with Gasteiger partial charge in [0.25, 0.3) is 0 Å². The maximum atomic E-state index is 11.0. The van der Waals surface area contributed by atoms with Crippen LogP contribution in [-0.2, 0) is 9.53 Å². The Labute approximate surface area is 103 Å². The summed E-state index contributed by atoms with van der Waals surface area (Å²) in [6, 6.07) is 4.22. The zero-order valence-electron chi connectivity index (χ0n) is 8.99. The number of carbonyl (C=O) groups excluding carboxylic acids is 1. The maximum absolute atomic E-state index is 11.0. The average molecular weight is 253 g/mol. The molecule has 1 rings (SSSR count). The number of halogens is 1. The molecule has 5 heteroatoms. The summed E-state index contributed by atoms with van der Waals surface area (Å²) >= 11 is 5.67. The minimum Gasteiger partial charge on any atom is -0.478 e. The third-order valence-corrected chi connectivity index (χ3v) is 2.02. The number of carboxylic acids is 1. The van der Waals surface area contributed by atoms with E-state index in [9.17, 15) is 9.59 Å². The van der Waals surface area contributed by atoms with E-state index in [1.165, 1.54) is 18.2 Å². The van der Waals surface area contributed by atoms with Crippen LogP contribution in [0.2, 0.25) is 5.02 Å². The van der Waals surface area contributed by atoms with Crippen molar-refractivity contribution in [3.05, 3.63) is 34.3 Å². The number of rotatable bonds is 2. The van der Waals surface area contributed by atoms with Gasteiger partial charge in [-0.2, -0.15) is 0 Å². The van der Waals surface area contributed by atoms with Crippen molar-refractivity contribution >= 4 is 23.5 Å². The van der Waals surface area contributed by atoms with Gasteiger partial charge >= 0.3 is 11.9 Å². The van der Waals surface area contributed by atoms with Gasteiger partial charge in [0.1, 0.15) is 0 Å². The van der Waals surface area contributed by atoms with E-state index in [4.69, 9.17) is 16.7 Å². The number of carboxylic acid groups (broad SMARTS) is 1. The Balaban J connectivity index is 3.06. The van der Waals surface area contributed by atoms with Crippen LogP contribution in [0.4, 0.5) is 0 Å². The van der Waals surface area contributed by atoms with Crippen LogP contribution in [0.5, 0.6) is 0 Å². The molecule has 0 aromatic heterocycles. The van der Waals surface area contributed by atoms with Gasteiger partial charge in [-0.1, -0.05) is 17.5 Å². The van der Waals surface area contributed by atoms with Gasteiger partial charge in [-0.3, -0.25) is 0 Å².